The smallest absolute Gasteiger partial charge is 0.206 e. The summed E-state index contributed by atoms with van der Waals surface area (Å²) in [5, 5.41) is 4.39. The highest BCUT2D eigenvalue weighted by Crippen LogP contribution is 2.42. The second-order valence-electron chi connectivity index (χ2n) is 6.08. The predicted molar refractivity (Wildman–Crippen MR) is 108 cm³/mol. The number of allylic oxidation sites excluding steroid dienone is 1. The Morgan fingerprint density at radius 3 is 2.22 bits per heavy atom. The van der Waals surface area contributed by atoms with Gasteiger partial charge in [-0.05, 0) is 37.2 Å². The summed E-state index contributed by atoms with van der Waals surface area (Å²) in [6, 6.07) is 15.3. The lowest BCUT2D eigenvalue weighted by Gasteiger charge is -2.15. The van der Waals surface area contributed by atoms with Gasteiger partial charge in [0, 0.05) is 16.3 Å². The maximum atomic E-state index is 13.2. The minimum atomic E-state index is -3.84. The van der Waals surface area contributed by atoms with Crippen LogP contribution in [0.25, 0.3) is 15.7 Å². The molecule has 0 saturated heterocycles. The fourth-order valence-corrected chi connectivity index (χ4v) is 4.59. The molecule has 0 heterocycles. The Hall–Kier alpha value is -2.99. The van der Waals surface area contributed by atoms with Crippen molar-refractivity contribution in [2.75, 3.05) is 7.11 Å². The van der Waals surface area contributed by atoms with Crippen molar-refractivity contribution >= 4 is 31.2 Å². The lowest BCUT2D eigenvalue weighted by molar-refractivity contribution is 0.420. The number of nitroso groups, excluding NO2 is 1. The zero-order valence-corrected chi connectivity index (χ0v) is 16.1. The number of aryl methyl sites for hydroxylation is 1. The lowest BCUT2D eigenvalue weighted by Crippen LogP contribution is -2.05. The standard InChI is InChI=1S/C21H19NO4S/c1-4-20(27(24,25)15-11-9-14(2)10-12-15)18-13-19(26-3)16-7-5-6-8-17(16)21(18)22-23/h4-13H,1-3H3/b20-4-. The molecule has 0 aliphatic carbocycles. The molecule has 27 heavy (non-hydrogen) atoms. The number of nitrogens with zero attached hydrogens (tertiary/aromatic N) is 1. The molecule has 0 bridgehead atoms. The van der Waals surface area contributed by atoms with Crippen LogP contribution in [0.4, 0.5) is 5.69 Å². The van der Waals surface area contributed by atoms with Crippen LogP contribution in [0.1, 0.15) is 18.1 Å². The van der Waals surface area contributed by atoms with Crippen molar-refractivity contribution in [3.05, 3.63) is 76.7 Å². The lowest BCUT2D eigenvalue weighted by atomic mass is 10.0. The molecule has 5 nitrogen and oxygen atoms in total. The molecule has 0 N–H and O–H groups in total. The van der Waals surface area contributed by atoms with Gasteiger partial charge in [0.15, 0.2) is 0 Å². The van der Waals surface area contributed by atoms with Gasteiger partial charge in [0.05, 0.1) is 16.9 Å². The van der Waals surface area contributed by atoms with Crippen LogP contribution in [0.3, 0.4) is 0 Å². The Labute approximate surface area is 158 Å². The van der Waals surface area contributed by atoms with E-state index < -0.39 is 9.84 Å². The normalized spacial score (nSPS) is 12.2. The van der Waals surface area contributed by atoms with Gasteiger partial charge in [-0.1, -0.05) is 48.0 Å². The minimum Gasteiger partial charge on any atom is -0.496 e. The first-order valence-corrected chi connectivity index (χ1v) is 9.84. The van der Waals surface area contributed by atoms with Crippen LogP contribution >= 0.6 is 0 Å². The van der Waals surface area contributed by atoms with E-state index in [1.165, 1.54) is 13.2 Å². The van der Waals surface area contributed by atoms with Gasteiger partial charge in [-0.3, -0.25) is 0 Å². The topological polar surface area (TPSA) is 72.8 Å². The molecule has 0 aromatic heterocycles. The molecule has 3 aromatic rings. The molecule has 0 radical (unpaired) electrons. The number of fused-ring (bicyclic) bond motifs is 1. The maximum Gasteiger partial charge on any atom is 0.206 e. The highest BCUT2D eigenvalue weighted by Gasteiger charge is 2.26. The molecule has 6 heteroatoms. The molecule has 0 saturated carbocycles. The van der Waals surface area contributed by atoms with Crippen molar-refractivity contribution < 1.29 is 13.2 Å². The minimum absolute atomic E-state index is 0.0185. The van der Waals surface area contributed by atoms with E-state index in [0.29, 0.717) is 16.5 Å². The van der Waals surface area contributed by atoms with E-state index in [2.05, 4.69) is 5.18 Å². The van der Waals surface area contributed by atoms with Crippen molar-refractivity contribution in [1.29, 1.82) is 0 Å². The fraction of sp³-hybridized carbons (Fsp3) is 0.143. The van der Waals surface area contributed by atoms with Crippen molar-refractivity contribution in [1.82, 2.24) is 0 Å². The first-order chi connectivity index (χ1) is 12.9. The summed E-state index contributed by atoms with van der Waals surface area (Å²) >= 11 is 0. The van der Waals surface area contributed by atoms with Crippen molar-refractivity contribution in [2.45, 2.75) is 18.7 Å². The molecule has 3 rings (SSSR count). The molecule has 0 aliphatic heterocycles. The Balaban J connectivity index is 2.32. The van der Waals surface area contributed by atoms with Crippen LogP contribution in [0, 0.1) is 11.8 Å². The van der Waals surface area contributed by atoms with Crippen LogP contribution in [-0.4, -0.2) is 15.5 Å². The van der Waals surface area contributed by atoms with Crippen LogP contribution in [0.5, 0.6) is 5.75 Å². The Bertz CT molecular complexity index is 1150. The van der Waals surface area contributed by atoms with E-state index in [1.54, 1.807) is 55.5 Å². The van der Waals surface area contributed by atoms with E-state index in [4.69, 9.17) is 4.74 Å². The van der Waals surface area contributed by atoms with Crippen LogP contribution in [0.15, 0.2) is 70.7 Å². The Morgan fingerprint density at radius 1 is 1.04 bits per heavy atom. The number of benzene rings is 3. The van der Waals surface area contributed by atoms with Crippen LogP contribution in [0.2, 0.25) is 0 Å². The third kappa shape index (κ3) is 3.24. The van der Waals surface area contributed by atoms with E-state index >= 15 is 0 Å². The number of ether oxygens (including phenoxy) is 1. The SMILES string of the molecule is C/C=C(/c1cc(OC)c2ccccc2c1N=O)S(=O)(=O)c1ccc(C)cc1. The molecule has 3 aromatic carbocycles. The Morgan fingerprint density at radius 2 is 1.67 bits per heavy atom. The zero-order chi connectivity index (χ0) is 19.6. The third-order valence-corrected chi connectivity index (χ3v) is 6.37. The van der Waals surface area contributed by atoms with Crippen molar-refractivity contribution in [3.8, 4) is 5.75 Å². The number of methoxy groups -OCH3 is 1. The first kappa shape index (κ1) is 18.8. The molecule has 0 fully saturated rings. The summed E-state index contributed by atoms with van der Waals surface area (Å²) in [5.74, 6) is 0.478. The third-order valence-electron chi connectivity index (χ3n) is 4.44. The van der Waals surface area contributed by atoms with Crippen LogP contribution < -0.4 is 4.74 Å². The van der Waals surface area contributed by atoms with Crippen LogP contribution in [-0.2, 0) is 9.84 Å². The molecule has 0 spiro atoms. The monoisotopic (exact) mass is 381 g/mol. The number of hydrogen-bond acceptors (Lipinski definition) is 5. The molecule has 0 unspecified atom stereocenters. The molecule has 138 valence electrons. The summed E-state index contributed by atoms with van der Waals surface area (Å²) in [7, 11) is -2.34. The van der Waals surface area contributed by atoms with Gasteiger partial charge in [0.2, 0.25) is 9.84 Å². The van der Waals surface area contributed by atoms with Gasteiger partial charge < -0.3 is 4.74 Å². The Kier molecular flexibility index (Phi) is 5.10. The maximum absolute atomic E-state index is 13.2. The summed E-state index contributed by atoms with van der Waals surface area (Å²) < 4.78 is 31.9. The quantitative estimate of drug-likeness (QED) is 0.556. The fourth-order valence-electron chi connectivity index (χ4n) is 3.08. The summed E-state index contributed by atoms with van der Waals surface area (Å²) in [6.07, 6.45) is 1.48. The number of sulfone groups is 1. The number of rotatable bonds is 5. The summed E-state index contributed by atoms with van der Waals surface area (Å²) in [5.41, 5.74) is 1.26. The van der Waals surface area contributed by atoms with E-state index in [1.807, 2.05) is 13.0 Å². The second-order valence-corrected chi connectivity index (χ2v) is 8.00. The summed E-state index contributed by atoms with van der Waals surface area (Å²) in [6.45, 7) is 3.51. The van der Waals surface area contributed by atoms with Gasteiger partial charge in [0.25, 0.3) is 0 Å². The number of hydrogen-bond donors (Lipinski definition) is 0. The van der Waals surface area contributed by atoms with Crippen molar-refractivity contribution in [3.63, 3.8) is 0 Å². The van der Waals surface area contributed by atoms with Gasteiger partial charge in [-0.15, -0.1) is 4.91 Å². The largest absolute Gasteiger partial charge is 0.496 e. The molecule has 0 atom stereocenters. The van der Waals surface area contributed by atoms with Crippen molar-refractivity contribution in [2.24, 2.45) is 5.18 Å². The molecule has 0 aliphatic rings. The first-order valence-electron chi connectivity index (χ1n) is 8.35. The molecular formula is C21H19NO4S. The van der Waals surface area contributed by atoms with Gasteiger partial charge in [-0.2, -0.15) is 0 Å². The molecule has 0 amide bonds. The highest BCUT2D eigenvalue weighted by molar-refractivity contribution is 8.00. The average molecular weight is 381 g/mol. The molecular weight excluding hydrogens is 362 g/mol. The zero-order valence-electron chi connectivity index (χ0n) is 15.3. The summed E-state index contributed by atoms with van der Waals surface area (Å²) in [4.78, 5) is 11.8. The second kappa shape index (κ2) is 7.32. The highest BCUT2D eigenvalue weighted by atomic mass is 32.2. The van der Waals surface area contributed by atoms with E-state index in [-0.39, 0.29) is 21.1 Å². The van der Waals surface area contributed by atoms with Gasteiger partial charge in [-0.25, -0.2) is 8.42 Å². The van der Waals surface area contributed by atoms with Gasteiger partial charge in [0.1, 0.15) is 11.4 Å². The van der Waals surface area contributed by atoms with E-state index in [9.17, 15) is 13.3 Å². The van der Waals surface area contributed by atoms with E-state index in [0.717, 1.165) is 5.56 Å². The van der Waals surface area contributed by atoms with Gasteiger partial charge >= 0.3 is 0 Å². The predicted octanol–water partition coefficient (Wildman–Crippen LogP) is 5.39. The average Bonchev–Trinajstić information content (AvgIpc) is 2.68.